The van der Waals surface area contributed by atoms with Crippen LogP contribution in [0.5, 0.6) is 5.88 Å². The van der Waals surface area contributed by atoms with Gasteiger partial charge in [-0.05, 0) is 36.1 Å². The molecular formula is C15H16ClN3O. The maximum Gasteiger partial charge on any atom is 0.232 e. The van der Waals surface area contributed by atoms with Crippen molar-refractivity contribution in [2.24, 2.45) is 0 Å². The van der Waals surface area contributed by atoms with Gasteiger partial charge in [-0.3, -0.25) is 4.98 Å². The monoisotopic (exact) mass is 289 g/mol. The van der Waals surface area contributed by atoms with Crippen LogP contribution in [0, 0.1) is 0 Å². The fourth-order valence-electron chi connectivity index (χ4n) is 2.47. The van der Waals surface area contributed by atoms with Crippen molar-refractivity contribution in [2.45, 2.75) is 18.4 Å². The highest BCUT2D eigenvalue weighted by atomic mass is 35.5. The molecule has 0 bridgehead atoms. The van der Waals surface area contributed by atoms with Crippen molar-refractivity contribution in [3.63, 3.8) is 0 Å². The van der Waals surface area contributed by atoms with Gasteiger partial charge in [-0.25, -0.2) is 4.98 Å². The molecule has 1 aliphatic rings. The summed E-state index contributed by atoms with van der Waals surface area (Å²) < 4.78 is 5.68. The van der Waals surface area contributed by atoms with Gasteiger partial charge >= 0.3 is 0 Å². The van der Waals surface area contributed by atoms with Crippen LogP contribution in [0.15, 0.2) is 42.9 Å². The summed E-state index contributed by atoms with van der Waals surface area (Å²) in [6.07, 6.45) is 6.46. The lowest BCUT2D eigenvalue weighted by Gasteiger charge is -2.12. The molecule has 0 aromatic carbocycles. The van der Waals surface area contributed by atoms with Crippen LogP contribution in [0.1, 0.15) is 17.9 Å². The van der Waals surface area contributed by atoms with E-state index in [4.69, 9.17) is 16.3 Å². The number of nitrogens with one attached hydrogen (secondary N) is 1. The Morgan fingerprint density at radius 2 is 2.20 bits per heavy atom. The molecule has 0 radical (unpaired) electrons. The lowest BCUT2D eigenvalue weighted by atomic mass is 9.98. The second-order valence-corrected chi connectivity index (χ2v) is 5.33. The van der Waals surface area contributed by atoms with E-state index in [1.807, 2.05) is 12.3 Å². The lowest BCUT2D eigenvalue weighted by molar-refractivity contribution is 0.267. The van der Waals surface area contributed by atoms with Gasteiger partial charge in [0.1, 0.15) is 11.6 Å². The summed E-state index contributed by atoms with van der Waals surface area (Å²) in [4.78, 5) is 8.30. The molecule has 1 N–H and O–H groups in total. The minimum absolute atomic E-state index is 0.318. The van der Waals surface area contributed by atoms with E-state index in [1.54, 1.807) is 24.5 Å². The van der Waals surface area contributed by atoms with Crippen molar-refractivity contribution >= 4 is 11.6 Å². The van der Waals surface area contributed by atoms with E-state index in [2.05, 4.69) is 21.4 Å². The number of hydrogen-bond donors (Lipinski definition) is 1. The molecule has 3 rings (SSSR count). The van der Waals surface area contributed by atoms with Crippen molar-refractivity contribution in [1.29, 1.82) is 0 Å². The third kappa shape index (κ3) is 3.08. The summed E-state index contributed by atoms with van der Waals surface area (Å²) in [6.45, 7) is 1.53. The van der Waals surface area contributed by atoms with Gasteiger partial charge in [-0.1, -0.05) is 17.7 Å². The van der Waals surface area contributed by atoms with Crippen LogP contribution in [0.2, 0.25) is 5.02 Å². The molecule has 1 aliphatic heterocycles. The Morgan fingerprint density at radius 1 is 1.30 bits per heavy atom. The largest absolute Gasteiger partial charge is 0.475 e. The number of aromatic nitrogens is 2. The number of halogens is 1. The summed E-state index contributed by atoms with van der Waals surface area (Å²) in [7, 11) is 0. The average molecular weight is 290 g/mol. The molecule has 104 valence electrons. The Hall–Kier alpha value is -1.65. The van der Waals surface area contributed by atoms with Gasteiger partial charge in [-0.15, -0.1) is 0 Å². The SMILES string of the molecule is Clc1cccnc1OC[C@H]1C[C@H](c2cccnc2)CN1. The van der Waals surface area contributed by atoms with Crippen molar-refractivity contribution < 1.29 is 4.74 Å². The molecule has 4 nitrogen and oxygen atoms in total. The molecule has 0 aliphatic carbocycles. The number of pyridine rings is 2. The lowest BCUT2D eigenvalue weighted by Crippen LogP contribution is -2.28. The van der Waals surface area contributed by atoms with E-state index in [-0.39, 0.29) is 0 Å². The molecule has 0 unspecified atom stereocenters. The summed E-state index contributed by atoms with van der Waals surface area (Å²) in [5, 5.41) is 4.02. The summed E-state index contributed by atoms with van der Waals surface area (Å²) >= 11 is 6.02. The van der Waals surface area contributed by atoms with Crippen molar-refractivity contribution in [3.8, 4) is 5.88 Å². The van der Waals surface area contributed by atoms with Crippen molar-refractivity contribution in [3.05, 3.63) is 53.4 Å². The first-order valence-electron chi connectivity index (χ1n) is 6.69. The minimum Gasteiger partial charge on any atom is -0.475 e. The smallest absolute Gasteiger partial charge is 0.232 e. The van der Waals surface area contributed by atoms with Crippen LogP contribution in [-0.4, -0.2) is 29.2 Å². The van der Waals surface area contributed by atoms with Gasteiger partial charge in [0, 0.05) is 31.2 Å². The molecule has 20 heavy (non-hydrogen) atoms. The van der Waals surface area contributed by atoms with Gasteiger partial charge in [0.2, 0.25) is 5.88 Å². The number of rotatable bonds is 4. The third-order valence-electron chi connectivity index (χ3n) is 3.52. The minimum atomic E-state index is 0.318. The number of ether oxygens (including phenoxy) is 1. The zero-order valence-corrected chi connectivity index (χ0v) is 11.8. The van der Waals surface area contributed by atoms with Gasteiger partial charge in [-0.2, -0.15) is 0 Å². The van der Waals surface area contributed by atoms with Crippen LogP contribution >= 0.6 is 11.6 Å². The van der Waals surface area contributed by atoms with Crippen LogP contribution in [0.25, 0.3) is 0 Å². The van der Waals surface area contributed by atoms with Gasteiger partial charge in [0.25, 0.3) is 0 Å². The standard InChI is InChI=1S/C15H16ClN3O/c16-14-4-2-6-18-15(14)20-10-13-7-12(9-19-13)11-3-1-5-17-8-11/h1-6,8,12-13,19H,7,9-10H2/t12-,13+/m0/s1. The average Bonchev–Trinajstić information content (AvgIpc) is 2.96. The zero-order chi connectivity index (χ0) is 13.8. The first-order valence-corrected chi connectivity index (χ1v) is 7.07. The van der Waals surface area contributed by atoms with E-state index < -0.39 is 0 Å². The molecule has 1 fully saturated rings. The quantitative estimate of drug-likeness (QED) is 0.940. The highest BCUT2D eigenvalue weighted by Gasteiger charge is 2.26. The maximum absolute atomic E-state index is 6.02. The van der Waals surface area contributed by atoms with Gasteiger partial charge in [0.05, 0.1) is 0 Å². The van der Waals surface area contributed by atoms with E-state index in [1.165, 1.54) is 5.56 Å². The molecule has 5 heteroatoms. The molecular weight excluding hydrogens is 274 g/mol. The van der Waals surface area contributed by atoms with Crippen LogP contribution in [0.3, 0.4) is 0 Å². The van der Waals surface area contributed by atoms with Crippen LogP contribution < -0.4 is 10.1 Å². The van der Waals surface area contributed by atoms with E-state index in [0.717, 1.165) is 13.0 Å². The molecule has 2 aromatic rings. The molecule has 3 heterocycles. The van der Waals surface area contributed by atoms with E-state index >= 15 is 0 Å². The van der Waals surface area contributed by atoms with Crippen molar-refractivity contribution in [2.75, 3.05) is 13.2 Å². The number of hydrogen-bond acceptors (Lipinski definition) is 4. The Morgan fingerprint density at radius 3 is 3.00 bits per heavy atom. The normalized spacial score (nSPS) is 21.9. The molecule has 0 saturated carbocycles. The Balaban J connectivity index is 1.55. The molecule has 1 saturated heterocycles. The maximum atomic E-state index is 6.02. The van der Waals surface area contributed by atoms with E-state index in [0.29, 0.717) is 29.5 Å². The van der Waals surface area contributed by atoms with Gasteiger partial charge in [0.15, 0.2) is 0 Å². The topological polar surface area (TPSA) is 47.0 Å². The highest BCUT2D eigenvalue weighted by molar-refractivity contribution is 6.31. The second kappa shape index (κ2) is 6.20. The number of nitrogens with zero attached hydrogens (tertiary/aromatic N) is 2. The highest BCUT2D eigenvalue weighted by Crippen LogP contribution is 2.26. The Bertz CT molecular complexity index is 564. The first kappa shape index (κ1) is 13.3. The zero-order valence-electron chi connectivity index (χ0n) is 11.0. The molecule has 0 amide bonds. The Kier molecular flexibility index (Phi) is 4.14. The fraction of sp³-hybridized carbons (Fsp3) is 0.333. The summed E-state index contributed by atoms with van der Waals surface area (Å²) in [5.41, 5.74) is 1.28. The Labute approximate surface area is 123 Å². The second-order valence-electron chi connectivity index (χ2n) is 4.93. The fourth-order valence-corrected chi connectivity index (χ4v) is 2.65. The van der Waals surface area contributed by atoms with Crippen molar-refractivity contribution in [1.82, 2.24) is 15.3 Å². The van der Waals surface area contributed by atoms with Crippen LogP contribution in [0.4, 0.5) is 0 Å². The van der Waals surface area contributed by atoms with E-state index in [9.17, 15) is 0 Å². The predicted molar refractivity (Wildman–Crippen MR) is 78.1 cm³/mol. The molecule has 0 spiro atoms. The summed E-state index contributed by atoms with van der Waals surface area (Å²) in [6, 6.07) is 8.00. The summed E-state index contributed by atoms with van der Waals surface area (Å²) in [5.74, 6) is 0.997. The third-order valence-corrected chi connectivity index (χ3v) is 3.81. The first-order chi connectivity index (χ1) is 9.83. The predicted octanol–water partition coefficient (Wildman–Crippen LogP) is 2.65. The molecule has 2 atom stereocenters. The molecule has 2 aromatic heterocycles. The van der Waals surface area contributed by atoms with Gasteiger partial charge < -0.3 is 10.1 Å². The van der Waals surface area contributed by atoms with Crippen LogP contribution in [-0.2, 0) is 0 Å².